The Bertz CT molecular complexity index is 499. The molecule has 2 heteroatoms. The third kappa shape index (κ3) is 1.72. The van der Waals surface area contributed by atoms with Crippen molar-refractivity contribution in [1.29, 1.82) is 0 Å². The lowest BCUT2D eigenvalue weighted by molar-refractivity contribution is 0.209. The highest BCUT2D eigenvalue weighted by molar-refractivity contribution is 7.87. The van der Waals surface area contributed by atoms with Crippen LogP contribution in [0.25, 0.3) is 0 Å². The Morgan fingerprint density at radius 2 is 1.19 bits per heavy atom. The van der Waals surface area contributed by atoms with Crippen molar-refractivity contribution < 1.29 is 4.21 Å². The smallest absolute Gasteiger partial charge is 0.0605 e. The van der Waals surface area contributed by atoms with E-state index in [0.717, 1.165) is 23.7 Å². The Balaban J connectivity index is 1.91. The molecule has 7 atom stereocenters. The van der Waals surface area contributed by atoms with E-state index in [-0.39, 0.29) is 10.8 Å². The van der Waals surface area contributed by atoms with Crippen LogP contribution in [0.1, 0.15) is 60.8 Å². The monoisotopic (exact) mass is 306 g/mol. The Morgan fingerprint density at radius 1 is 0.810 bits per heavy atom. The molecule has 0 spiro atoms. The summed E-state index contributed by atoms with van der Waals surface area (Å²) >= 11 is 0. The predicted molar refractivity (Wildman–Crippen MR) is 89.5 cm³/mol. The van der Waals surface area contributed by atoms with Gasteiger partial charge in [-0.25, -0.2) is 0 Å². The summed E-state index contributed by atoms with van der Waals surface area (Å²) in [5, 5.41) is 0.786. The average Bonchev–Trinajstić information content (AvgIpc) is 3.03. The van der Waals surface area contributed by atoms with Gasteiger partial charge in [0.05, 0.1) is 10.5 Å². The van der Waals surface area contributed by atoms with Gasteiger partial charge >= 0.3 is 0 Å². The summed E-state index contributed by atoms with van der Waals surface area (Å²) in [5.41, 5.74) is 3.52. The molecule has 4 aliphatic rings. The van der Waals surface area contributed by atoms with Crippen LogP contribution in [0.4, 0.5) is 0 Å². The van der Waals surface area contributed by atoms with E-state index in [0.29, 0.717) is 10.5 Å². The lowest BCUT2D eigenvalue weighted by Gasteiger charge is -2.43. The number of hydrogen-bond donors (Lipinski definition) is 0. The normalized spacial score (nSPS) is 48.4. The second-order valence-corrected chi connectivity index (χ2v) is 11.7. The molecule has 2 saturated carbocycles. The summed E-state index contributed by atoms with van der Waals surface area (Å²) in [6.45, 7) is 14.0. The van der Waals surface area contributed by atoms with Crippen LogP contribution in [0.2, 0.25) is 0 Å². The maximum atomic E-state index is 13.3. The van der Waals surface area contributed by atoms with Crippen LogP contribution in [0, 0.1) is 34.5 Å². The highest BCUT2D eigenvalue weighted by Gasteiger charge is 2.67. The number of hydrogen-bond acceptors (Lipinski definition) is 1. The van der Waals surface area contributed by atoms with Crippen LogP contribution in [-0.4, -0.2) is 14.7 Å². The summed E-state index contributed by atoms with van der Waals surface area (Å²) in [7, 11) is -0.639. The molecule has 0 N–H and O–H groups in total. The lowest BCUT2D eigenvalue weighted by atomic mass is 9.60. The van der Waals surface area contributed by atoms with Gasteiger partial charge in [-0.3, -0.25) is 4.21 Å². The minimum Gasteiger partial charge on any atom is -0.258 e. The zero-order chi connectivity index (χ0) is 15.3. The third-order valence-corrected chi connectivity index (χ3v) is 8.82. The zero-order valence-corrected chi connectivity index (χ0v) is 15.2. The van der Waals surface area contributed by atoms with Gasteiger partial charge in [-0.15, -0.1) is 0 Å². The van der Waals surface area contributed by atoms with Crippen molar-refractivity contribution in [1.82, 2.24) is 0 Å². The van der Waals surface area contributed by atoms with Crippen LogP contribution in [0.15, 0.2) is 11.1 Å². The highest BCUT2D eigenvalue weighted by atomic mass is 32.2. The van der Waals surface area contributed by atoms with Gasteiger partial charge in [-0.05, 0) is 64.9 Å². The fraction of sp³-hybridized carbons (Fsp3) is 0.895. The second kappa shape index (κ2) is 4.04. The van der Waals surface area contributed by atoms with E-state index in [4.69, 9.17) is 0 Å². The molecular formula is C19H30OS. The molecule has 2 aliphatic carbocycles. The topological polar surface area (TPSA) is 17.1 Å². The van der Waals surface area contributed by atoms with Crippen LogP contribution in [0.3, 0.4) is 0 Å². The lowest BCUT2D eigenvalue weighted by Crippen LogP contribution is -2.40. The van der Waals surface area contributed by atoms with E-state index >= 15 is 0 Å². The summed E-state index contributed by atoms with van der Waals surface area (Å²) < 4.78 is 13.3. The van der Waals surface area contributed by atoms with Crippen molar-refractivity contribution >= 4 is 10.8 Å². The first-order valence-corrected chi connectivity index (χ1v) is 10.0. The van der Waals surface area contributed by atoms with E-state index < -0.39 is 10.8 Å². The molecule has 4 rings (SSSR count). The van der Waals surface area contributed by atoms with E-state index in [9.17, 15) is 4.21 Å². The molecule has 0 aromatic heterocycles. The van der Waals surface area contributed by atoms with Gasteiger partial charge < -0.3 is 0 Å². The van der Waals surface area contributed by atoms with Gasteiger partial charge in [0.2, 0.25) is 0 Å². The van der Waals surface area contributed by atoms with Gasteiger partial charge in [-0.1, -0.05) is 41.5 Å². The molecule has 3 fully saturated rings. The van der Waals surface area contributed by atoms with Crippen LogP contribution in [0.5, 0.6) is 0 Å². The number of fused-ring (bicyclic) bond motifs is 9. The van der Waals surface area contributed by atoms with Gasteiger partial charge in [0.25, 0.3) is 0 Å². The summed E-state index contributed by atoms with van der Waals surface area (Å²) in [6, 6.07) is 0. The first kappa shape index (κ1) is 14.5. The van der Waals surface area contributed by atoms with Gasteiger partial charge in [0.15, 0.2) is 0 Å². The average molecular weight is 307 g/mol. The molecular weight excluding hydrogens is 276 g/mol. The minimum atomic E-state index is -0.639. The molecule has 0 aromatic rings. The fourth-order valence-corrected chi connectivity index (χ4v) is 9.50. The Labute approximate surface area is 132 Å². The van der Waals surface area contributed by atoms with E-state index in [2.05, 4.69) is 41.5 Å². The molecule has 118 valence electrons. The first-order chi connectivity index (χ1) is 9.62. The first-order valence-electron chi connectivity index (χ1n) is 8.77. The van der Waals surface area contributed by atoms with Crippen LogP contribution < -0.4 is 0 Å². The fourth-order valence-electron chi connectivity index (χ4n) is 6.33. The molecule has 21 heavy (non-hydrogen) atoms. The van der Waals surface area contributed by atoms with Gasteiger partial charge in [0.1, 0.15) is 0 Å². The SMILES string of the molecule is CC(C)(C)C1=C(C(C)(C)C)[C@H]2[C@H]3C4CCC(C4)[C@H]3[C@@H]1S2=O. The minimum absolute atomic E-state index is 0.171. The standard InChI is InChI=1S/C19H30OS/c1-18(2,3)14-15(19(4,5)6)17-13-11-8-7-10(9-11)12(13)16(14)21(17)20/h10-13,16-17H,7-9H2,1-6H3/t10?,11?,12-,13+,16+,17-,21?. The molecule has 1 nitrogen and oxygen atoms in total. The Hall–Kier alpha value is -0.110. The summed E-state index contributed by atoms with van der Waals surface area (Å²) in [6.07, 6.45) is 4.26. The molecule has 0 amide bonds. The number of rotatable bonds is 0. The van der Waals surface area contributed by atoms with E-state index in [1.165, 1.54) is 19.3 Å². The quantitative estimate of drug-likeness (QED) is 0.600. The zero-order valence-electron chi connectivity index (χ0n) is 14.4. The largest absolute Gasteiger partial charge is 0.258 e. The summed E-state index contributed by atoms with van der Waals surface area (Å²) in [5.74, 6) is 3.29. The predicted octanol–water partition coefficient (Wildman–Crippen LogP) is 4.55. The van der Waals surface area contributed by atoms with Crippen molar-refractivity contribution in [2.75, 3.05) is 0 Å². The molecule has 0 aromatic carbocycles. The van der Waals surface area contributed by atoms with Crippen molar-refractivity contribution in [3.63, 3.8) is 0 Å². The van der Waals surface area contributed by atoms with E-state index in [1.54, 1.807) is 11.1 Å². The molecule has 4 bridgehead atoms. The van der Waals surface area contributed by atoms with Crippen LogP contribution in [-0.2, 0) is 10.8 Å². The highest BCUT2D eigenvalue weighted by Crippen LogP contribution is 2.68. The molecule has 2 heterocycles. The summed E-state index contributed by atoms with van der Waals surface area (Å²) in [4.78, 5) is 0. The van der Waals surface area contributed by atoms with Crippen molar-refractivity contribution in [3.8, 4) is 0 Å². The molecule has 0 radical (unpaired) electrons. The van der Waals surface area contributed by atoms with Crippen LogP contribution >= 0.6 is 0 Å². The Morgan fingerprint density at radius 3 is 1.52 bits per heavy atom. The molecule has 1 saturated heterocycles. The second-order valence-electron chi connectivity index (χ2n) is 9.98. The van der Waals surface area contributed by atoms with Gasteiger partial charge in [0, 0.05) is 10.8 Å². The molecule has 2 aliphatic heterocycles. The Kier molecular flexibility index (Phi) is 2.79. The maximum Gasteiger partial charge on any atom is 0.0605 e. The molecule has 3 unspecified atom stereocenters. The maximum absolute atomic E-state index is 13.3. The van der Waals surface area contributed by atoms with Crippen molar-refractivity contribution in [3.05, 3.63) is 11.1 Å². The van der Waals surface area contributed by atoms with Crippen molar-refractivity contribution in [2.24, 2.45) is 34.5 Å². The van der Waals surface area contributed by atoms with Gasteiger partial charge in [-0.2, -0.15) is 0 Å². The van der Waals surface area contributed by atoms with E-state index in [1.807, 2.05) is 0 Å². The third-order valence-electron chi connectivity index (χ3n) is 6.72. The van der Waals surface area contributed by atoms with Crippen molar-refractivity contribution in [2.45, 2.75) is 71.3 Å².